The number of benzene rings is 1. The van der Waals surface area contributed by atoms with Crippen LogP contribution < -0.4 is 0 Å². The van der Waals surface area contributed by atoms with E-state index in [1.165, 1.54) is 5.56 Å². The number of hydrogen-bond acceptors (Lipinski definition) is 1. The first-order valence-electron chi connectivity index (χ1n) is 4.92. The predicted molar refractivity (Wildman–Crippen MR) is 55.6 cm³/mol. The van der Waals surface area contributed by atoms with Gasteiger partial charge in [-0.2, -0.15) is 0 Å². The van der Waals surface area contributed by atoms with E-state index in [1.807, 2.05) is 13.0 Å². The van der Waals surface area contributed by atoms with Crippen molar-refractivity contribution in [3.63, 3.8) is 0 Å². The highest BCUT2D eigenvalue weighted by molar-refractivity contribution is 5.14. The van der Waals surface area contributed by atoms with Gasteiger partial charge in [0.25, 0.3) is 0 Å². The standard InChI is InChI=1S/C12H18O/c1-10(11(2)13)8-9-12-6-4-3-5-7-12/h3-7,10-11,13H,8-9H2,1-2H3. The van der Waals surface area contributed by atoms with Crippen molar-refractivity contribution in [2.45, 2.75) is 32.8 Å². The highest BCUT2D eigenvalue weighted by Crippen LogP contribution is 2.12. The van der Waals surface area contributed by atoms with Crippen LogP contribution in [0.3, 0.4) is 0 Å². The molecule has 13 heavy (non-hydrogen) atoms. The zero-order chi connectivity index (χ0) is 9.68. The minimum atomic E-state index is -0.191. The molecule has 0 fully saturated rings. The fourth-order valence-corrected chi connectivity index (χ4v) is 1.28. The van der Waals surface area contributed by atoms with Crippen LogP contribution >= 0.6 is 0 Å². The van der Waals surface area contributed by atoms with Crippen molar-refractivity contribution in [2.75, 3.05) is 0 Å². The van der Waals surface area contributed by atoms with Crippen molar-refractivity contribution in [3.05, 3.63) is 35.9 Å². The van der Waals surface area contributed by atoms with Gasteiger partial charge in [0.15, 0.2) is 0 Å². The molecule has 0 aliphatic carbocycles. The summed E-state index contributed by atoms with van der Waals surface area (Å²) in [5.41, 5.74) is 1.36. The van der Waals surface area contributed by atoms with Gasteiger partial charge in [-0.15, -0.1) is 0 Å². The first-order valence-corrected chi connectivity index (χ1v) is 4.92. The molecule has 0 heterocycles. The Morgan fingerprint density at radius 2 is 1.77 bits per heavy atom. The van der Waals surface area contributed by atoms with Crippen molar-refractivity contribution in [3.8, 4) is 0 Å². The van der Waals surface area contributed by atoms with E-state index in [4.69, 9.17) is 0 Å². The van der Waals surface area contributed by atoms with E-state index in [0.717, 1.165) is 12.8 Å². The summed E-state index contributed by atoms with van der Waals surface area (Å²) in [6.07, 6.45) is 1.93. The molecule has 72 valence electrons. The van der Waals surface area contributed by atoms with E-state index < -0.39 is 0 Å². The zero-order valence-electron chi connectivity index (χ0n) is 8.40. The van der Waals surface area contributed by atoms with Crippen LogP contribution in [0, 0.1) is 5.92 Å². The molecule has 0 aliphatic rings. The maximum atomic E-state index is 9.30. The average molecular weight is 178 g/mol. The Hall–Kier alpha value is -0.820. The lowest BCUT2D eigenvalue weighted by molar-refractivity contribution is 0.130. The molecule has 0 radical (unpaired) electrons. The molecule has 1 aromatic carbocycles. The third-order valence-electron chi connectivity index (χ3n) is 2.55. The maximum Gasteiger partial charge on any atom is 0.0537 e. The van der Waals surface area contributed by atoms with Gasteiger partial charge in [0.05, 0.1) is 6.10 Å². The Bertz CT molecular complexity index is 228. The van der Waals surface area contributed by atoms with Gasteiger partial charge in [0.1, 0.15) is 0 Å². The average Bonchev–Trinajstić information content (AvgIpc) is 2.15. The Morgan fingerprint density at radius 1 is 1.15 bits per heavy atom. The molecule has 0 aliphatic heterocycles. The summed E-state index contributed by atoms with van der Waals surface area (Å²) in [5, 5.41) is 9.30. The van der Waals surface area contributed by atoms with Crippen molar-refractivity contribution in [1.82, 2.24) is 0 Å². The van der Waals surface area contributed by atoms with E-state index in [2.05, 4.69) is 31.2 Å². The molecule has 0 aromatic heterocycles. The summed E-state index contributed by atoms with van der Waals surface area (Å²) in [5.74, 6) is 0.389. The molecule has 1 heteroatoms. The van der Waals surface area contributed by atoms with Crippen LogP contribution in [-0.4, -0.2) is 11.2 Å². The maximum absolute atomic E-state index is 9.30. The third-order valence-corrected chi connectivity index (χ3v) is 2.55. The van der Waals surface area contributed by atoms with Crippen LogP contribution in [-0.2, 0) is 6.42 Å². The zero-order valence-corrected chi connectivity index (χ0v) is 8.40. The highest BCUT2D eigenvalue weighted by atomic mass is 16.3. The summed E-state index contributed by atoms with van der Waals surface area (Å²) in [6.45, 7) is 3.95. The Morgan fingerprint density at radius 3 is 2.31 bits per heavy atom. The Kier molecular flexibility index (Phi) is 3.97. The van der Waals surface area contributed by atoms with Crippen LogP contribution in [0.2, 0.25) is 0 Å². The SMILES string of the molecule is CC(O)C(C)CCc1ccccc1. The molecule has 1 nitrogen and oxygen atoms in total. The molecule has 1 aromatic rings. The van der Waals surface area contributed by atoms with Crippen LogP contribution in [0.5, 0.6) is 0 Å². The van der Waals surface area contributed by atoms with Crippen molar-refractivity contribution >= 4 is 0 Å². The molecule has 1 rings (SSSR count). The molecule has 0 bridgehead atoms. The molecular weight excluding hydrogens is 160 g/mol. The van der Waals surface area contributed by atoms with Gasteiger partial charge in [0.2, 0.25) is 0 Å². The first-order chi connectivity index (χ1) is 6.20. The Labute approximate surface area is 80.4 Å². The van der Waals surface area contributed by atoms with Crippen LogP contribution in [0.25, 0.3) is 0 Å². The minimum Gasteiger partial charge on any atom is -0.393 e. The molecule has 2 atom stereocenters. The van der Waals surface area contributed by atoms with E-state index >= 15 is 0 Å². The highest BCUT2D eigenvalue weighted by Gasteiger charge is 2.07. The minimum absolute atomic E-state index is 0.191. The predicted octanol–water partition coefficient (Wildman–Crippen LogP) is 2.64. The summed E-state index contributed by atoms with van der Waals surface area (Å²) in [6, 6.07) is 10.4. The van der Waals surface area contributed by atoms with Gasteiger partial charge in [0, 0.05) is 0 Å². The summed E-state index contributed by atoms with van der Waals surface area (Å²) < 4.78 is 0. The number of hydrogen-bond donors (Lipinski definition) is 1. The number of aliphatic hydroxyl groups excluding tert-OH is 1. The second-order valence-electron chi connectivity index (χ2n) is 3.74. The first kappa shape index (κ1) is 10.3. The lowest BCUT2D eigenvalue weighted by Gasteiger charge is -2.13. The normalized spacial score (nSPS) is 15.3. The van der Waals surface area contributed by atoms with Crippen molar-refractivity contribution < 1.29 is 5.11 Å². The lowest BCUT2D eigenvalue weighted by Crippen LogP contribution is -2.13. The van der Waals surface area contributed by atoms with E-state index in [1.54, 1.807) is 0 Å². The number of aliphatic hydroxyl groups is 1. The molecule has 1 N–H and O–H groups in total. The van der Waals surface area contributed by atoms with Gasteiger partial charge in [-0.1, -0.05) is 37.3 Å². The summed E-state index contributed by atoms with van der Waals surface area (Å²) in [7, 11) is 0. The lowest BCUT2D eigenvalue weighted by atomic mass is 9.97. The fourth-order valence-electron chi connectivity index (χ4n) is 1.28. The van der Waals surface area contributed by atoms with Crippen molar-refractivity contribution in [1.29, 1.82) is 0 Å². The monoisotopic (exact) mass is 178 g/mol. The van der Waals surface area contributed by atoms with Crippen LogP contribution in [0.15, 0.2) is 30.3 Å². The second kappa shape index (κ2) is 5.03. The molecule has 0 amide bonds. The number of rotatable bonds is 4. The van der Waals surface area contributed by atoms with E-state index in [0.29, 0.717) is 5.92 Å². The largest absolute Gasteiger partial charge is 0.393 e. The van der Waals surface area contributed by atoms with Gasteiger partial charge < -0.3 is 5.11 Å². The Balaban J connectivity index is 2.35. The van der Waals surface area contributed by atoms with Crippen LogP contribution in [0.4, 0.5) is 0 Å². The topological polar surface area (TPSA) is 20.2 Å². The molecule has 0 saturated carbocycles. The van der Waals surface area contributed by atoms with Crippen LogP contribution in [0.1, 0.15) is 25.8 Å². The summed E-state index contributed by atoms with van der Waals surface area (Å²) in [4.78, 5) is 0. The van der Waals surface area contributed by atoms with E-state index in [-0.39, 0.29) is 6.10 Å². The van der Waals surface area contributed by atoms with Gasteiger partial charge >= 0.3 is 0 Å². The third kappa shape index (κ3) is 3.60. The van der Waals surface area contributed by atoms with Gasteiger partial charge in [-0.3, -0.25) is 0 Å². The quantitative estimate of drug-likeness (QED) is 0.751. The molecule has 2 unspecified atom stereocenters. The fraction of sp³-hybridized carbons (Fsp3) is 0.500. The smallest absolute Gasteiger partial charge is 0.0537 e. The summed E-state index contributed by atoms with van der Waals surface area (Å²) >= 11 is 0. The second-order valence-corrected chi connectivity index (χ2v) is 3.74. The molecule has 0 saturated heterocycles. The van der Waals surface area contributed by atoms with E-state index in [9.17, 15) is 5.11 Å². The van der Waals surface area contributed by atoms with Gasteiger partial charge in [-0.05, 0) is 31.2 Å². The molecular formula is C12H18O. The van der Waals surface area contributed by atoms with Crippen molar-refractivity contribution in [2.24, 2.45) is 5.92 Å². The molecule has 0 spiro atoms. The number of aryl methyl sites for hydroxylation is 1. The van der Waals surface area contributed by atoms with Gasteiger partial charge in [-0.25, -0.2) is 0 Å².